The van der Waals surface area contributed by atoms with Crippen LogP contribution in [0.5, 0.6) is 0 Å². The zero-order valence-electron chi connectivity index (χ0n) is 10.4. The lowest BCUT2D eigenvalue weighted by Gasteiger charge is -2.09. The van der Waals surface area contributed by atoms with Gasteiger partial charge in [0.05, 0.1) is 0 Å². The van der Waals surface area contributed by atoms with Crippen molar-refractivity contribution in [3.63, 3.8) is 0 Å². The van der Waals surface area contributed by atoms with E-state index in [2.05, 4.69) is 0 Å². The molecule has 3 aromatic rings. The molecule has 98 valence electrons. The highest BCUT2D eigenvalue weighted by Gasteiger charge is 2.10. The standard InChI is InChI=1S/C17H10ClFO/c18-16-8-7-13(12-3-1-2-4-14(12)16)15-6-5-11(10-20)9-17(15)19/h1-10H. The van der Waals surface area contributed by atoms with Crippen LogP contribution in [0, 0.1) is 5.82 Å². The van der Waals surface area contributed by atoms with Gasteiger partial charge in [-0.1, -0.05) is 54.1 Å². The molecule has 1 nitrogen and oxygen atoms in total. The molecule has 0 saturated carbocycles. The van der Waals surface area contributed by atoms with E-state index in [9.17, 15) is 9.18 Å². The van der Waals surface area contributed by atoms with E-state index in [4.69, 9.17) is 11.6 Å². The lowest BCUT2D eigenvalue weighted by molar-refractivity contribution is 0.112. The van der Waals surface area contributed by atoms with Crippen LogP contribution in [0.3, 0.4) is 0 Å². The van der Waals surface area contributed by atoms with Gasteiger partial charge in [0.15, 0.2) is 0 Å². The molecule has 0 bridgehead atoms. The molecule has 0 aliphatic heterocycles. The summed E-state index contributed by atoms with van der Waals surface area (Å²) >= 11 is 6.16. The third-order valence-corrected chi connectivity index (χ3v) is 3.62. The number of hydrogen-bond acceptors (Lipinski definition) is 1. The van der Waals surface area contributed by atoms with Crippen molar-refractivity contribution >= 4 is 28.7 Å². The number of rotatable bonds is 2. The largest absolute Gasteiger partial charge is 0.298 e. The molecule has 0 atom stereocenters. The molecule has 3 rings (SSSR count). The average Bonchev–Trinajstić information content (AvgIpc) is 2.48. The maximum Gasteiger partial charge on any atom is 0.150 e. The first-order valence-electron chi connectivity index (χ1n) is 6.13. The van der Waals surface area contributed by atoms with E-state index in [0.29, 0.717) is 22.4 Å². The van der Waals surface area contributed by atoms with Crippen molar-refractivity contribution < 1.29 is 9.18 Å². The first-order chi connectivity index (χ1) is 9.70. The molecule has 3 heteroatoms. The first-order valence-corrected chi connectivity index (χ1v) is 6.51. The van der Waals surface area contributed by atoms with Crippen molar-refractivity contribution in [1.29, 1.82) is 0 Å². The Morgan fingerprint density at radius 1 is 0.900 bits per heavy atom. The number of hydrogen-bond donors (Lipinski definition) is 0. The van der Waals surface area contributed by atoms with E-state index in [1.165, 1.54) is 6.07 Å². The van der Waals surface area contributed by atoms with Crippen LogP contribution in [0.2, 0.25) is 5.02 Å². The Labute approximate surface area is 120 Å². The summed E-state index contributed by atoms with van der Waals surface area (Å²) in [6.07, 6.45) is 0.632. The molecule has 0 spiro atoms. The predicted octanol–water partition coefficient (Wildman–Crippen LogP) is 5.11. The fraction of sp³-hybridized carbons (Fsp3) is 0. The van der Waals surface area contributed by atoms with Crippen LogP contribution in [0.15, 0.2) is 54.6 Å². The van der Waals surface area contributed by atoms with Gasteiger partial charge in [-0.05, 0) is 23.1 Å². The molecule has 0 unspecified atom stereocenters. The van der Waals surface area contributed by atoms with E-state index in [1.807, 2.05) is 24.3 Å². The number of halogens is 2. The summed E-state index contributed by atoms with van der Waals surface area (Å²) in [5.41, 5.74) is 1.55. The Kier molecular flexibility index (Phi) is 3.25. The van der Waals surface area contributed by atoms with Crippen LogP contribution in [0.4, 0.5) is 4.39 Å². The number of carbonyl (C=O) groups is 1. The summed E-state index contributed by atoms with van der Waals surface area (Å²) < 4.78 is 14.2. The van der Waals surface area contributed by atoms with Crippen LogP contribution >= 0.6 is 11.6 Å². The van der Waals surface area contributed by atoms with Gasteiger partial charge in [-0.2, -0.15) is 0 Å². The van der Waals surface area contributed by atoms with E-state index in [0.717, 1.165) is 16.3 Å². The molecule has 0 saturated heterocycles. The Morgan fingerprint density at radius 2 is 1.60 bits per heavy atom. The first kappa shape index (κ1) is 12.8. The smallest absolute Gasteiger partial charge is 0.150 e. The van der Waals surface area contributed by atoms with Crippen molar-refractivity contribution in [3.8, 4) is 11.1 Å². The lowest BCUT2D eigenvalue weighted by Crippen LogP contribution is -1.89. The maximum absolute atomic E-state index is 14.2. The highest BCUT2D eigenvalue weighted by atomic mass is 35.5. The summed E-state index contributed by atoms with van der Waals surface area (Å²) in [6, 6.07) is 15.6. The normalized spacial score (nSPS) is 10.7. The zero-order valence-corrected chi connectivity index (χ0v) is 11.2. The van der Waals surface area contributed by atoms with Crippen LogP contribution in [0.1, 0.15) is 10.4 Å². The van der Waals surface area contributed by atoms with Gasteiger partial charge >= 0.3 is 0 Å². The second-order valence-electron chi connectivity index (χ2n) is 4.50. The van der Waals surface area contributed by atoms with Crippen molar-refractivity contribution in [2.45, 2.75) is 0 Å². The Hall–Kier alpha value is -2.19. The minimum atomic E-state index is -0.415. The number of carbonyl (C=O) groups excluding carboxylic acids is 1. The van der Waals surface area contributed by atoms with Crippen molar-refractivity contribution in [2.24, 2.45) is 0 Å². The molecular weight excluding hydrogens is 275 g/mol. The Morgan fingerprint density at radius 3 is 2.30 bits per heavy atom. The van der Waals surface area contributed by atoms with Gasteiger partial charge in [0.1, 0.15) is 12.1 Å². The maximum atomic E-state index is 14.2. The average molecular weight is 285 g/mol. The fourth-order valence-corrected chi connectivity index (χ4v) is 2.55. The molecule has 0 N–H and O–H groups in total. The van der Waals surface area contributed by atoms with E-state index < -0.39 is 5.82 Å². The molecule has 0 fully saturated rings. The predicted molar refractivity (Wildman–Crippen MR) is 79.7 cm³/mol. The van der Waals surface area contributed by atoms with Gasteiger partial charge in [0, 0.05) is 21.5 Å². The lowest BCUT2D eigenvalue weighted by atomic mass is 9.97. The monoisotopic (exact) mass is 284 g/mol. The summed E-state index contributed by atoms with van der Waals surface area (Å²) in [5.74, 6) is -0.415. The molecule has 3 aromatic carbocycles. The molecule has 0 radical (unpaired) electrons. The minimum Gasteiger partial charge on any atom is -0.298 e. The van der Waals surface area contributed by atoms with E-state index in [1.54, 1.807) is 24.3 Å². The van der Waals surface area contributed by atoms with Gasteiger partial charge in [0.25, 0.3) is 0 Å². The van der Waals surface area contributed by atoms with Gasteiger partial charge in [-0.25, -0.2) is 4.39 Å². The van der Waals surface area contributed by atoms with Crippen LogP contribution in [-0.4, -0.2) is 6.29 Å². The van der Waals surface area contributed by atoms with Gasteiger partial charge in [-0.3, -0.25) is 4.79 Å². The number of benzene rings is 3. The second kappa shape index (κ2) is 5.06. The zero-order chi connectivity index (χ0) is 14.1. The van der Waals surface area contributed by atoms with Gasteiger partial charge in [-0.15, -0.1) is 0 Å². The summed E-state index contributed by atoms with van der Waals surface area (Å²) in [4.78, 5) is 10.7. The van der Waals surface area contributed by atoms with Crippen LogP contribution < -0.4 is 0 Å². The molecular formula is C17H10ClFO. The number of fused-ring (bicyclic) bond motifs is 1. The van der Waals surface area contributed by atoms with Gasteiger partial charge in [0.2, 0.25) is 0 Å². The molecule has 0 aliphatic rings. The summed E-state index contributed by atoms with van der Waals surface area (Å²) in [6.45, 7) is 0. The summed E-state index contributed by atoms with van der Waals surface area (Å²) in [7, 11) is 0. The highest BCUT2D eigenvalue weighted by Crippen LogP contribution is 2.34. The third-order valence-electron chi connectivity index (χ3n) is 3.29. The van der Waals surface area contributed by atoms with Crippen molar-refractivity contribution in [2.75, 3.05) is 0 Å². The molecule has 0 aromatic heterocycles. The van der Waals surface area contributed by atoms with E-state index in [-0.39, 0.29) is 0 Å². The Balaban J connectivity index is 2.30. The minimum absolute atomic E-state index is 0.324. The fourth-order valence-electron chi connectivity index (χ4n) is 2.32. The number of aldehydes is 1. The van der Waals surface area contributed by atoms with E-state index >= 15 is 0 Å². The van der Waals surface area contributed by atoms with Gasteiger partial charge < -0.3 is 0 Å². The molecule has 0 heterocycles. The highest BCUT2D eigenvalue weighted by molar-refractivity contribution is 6.36. The van der Waals surface area contributed by atoms with Crippen molar-refractivity contribution in [1.82, 2.24) is 0 Å². The third kappa shape index (κ3) is 2.08. The van der Waals surface area contributed by atoms with Crippen molar-refractivity contribution in [3.05, 3.63) is 71.0 Å². The van der Waals surface area contributed by atoms with Crippen LogP contribution in [-0.2, 0) is 0 Å². The summed E-state index contributed by atoms with van der Waals surface area (Å²) in [5, 5.41) is 2.40. The molecule has 20 heavy (non-hydrogen) atoms. The molecule has 0 amide bonds. The van der Waals surface area contributed by atoms with Crippen LogP contribution in [0.25, 0.3) is 21.9 Å². The quantitative estimate of drug-likeness (QED) is 0.598. The SMILES string of the molecule is O=Cc1ccc(-c2ccc(Cl)c3ccccc23)c(F)c1. The second-order valence-corrected chi connectivity index (χ2v) is 4.90. The topological polar surface area (TPSA) is 17.1 Å². The Bertz CT molecular complexity index is 811. The molecule has 0 aliphatic carbocycles.